The number of carboxylic acids is 1. The van der Waals surface area contributed by atoms with Crippen LogP contribution in [0.4, 0.5) is 0 Å². The fourth-order valence-electron chi connectivity index (χ4n) is 0.711. The van der Waals surface area contributed by atoms with Crippen molar-refractivity contribution in [3.8, 4) is 0 Å². The highest BCUT2D eigenvalue weighted by Gasteiger charge is 2.33. The summed E-state index contributed by atoms with van der Waals surface area (Å²) < 4.78 is 3.84. The molecule has 0 bridgehead atoms. The first-order valence-corrected chi connectivity index (χ1v) is 4.52. The van der Waals surface area contributed by atoms with Crippen LogP contribution in [0, 0.1) is 0 Å². The zero-order valence-corrected chi connectivity index (χ0v) is 8.06. The highest BCUT2D eigenvalue weighted by molar-refractivity contribution is 8.01. The first-order chi connectivity index (χ1) is 5.56. The lowest BCUT2D eigenvalue weighted by molar-refractivity contribution is -0.140. The number of aliphatic hydroxyl groups is 1. The summed E-state index contributed by atoms with van der Waals surface area (Å²) in [6.45, 7) is 1.71. The zero-order valence-electron chi connectivity index (χ0n) is 7.24. The summed E-state index contributed by atoms with van der Waals surface area (Å²) in [6.07, 6.45) is 0. The van der Waals surface area contributed by atoms with E-state index in [1.54, 1.807) is 6.92 Å². The van der Waals surface area contributed by atoms with Crippen LogP contribution in [-0.2, 0) is 9.53 Å². The molecular weight excluding hydrogens is 180 g/mol. The molecule has 2 N–H and O–H groups in total. The number of hydrogen-bond acceptors (Lipinski definition) is 4. The van der Waals surface area contributed by atoms with Gasteiger partial charge in [0, 0.05) is 12.9 Å². The molecule has 0 rings (SSSR count). The molecule has 4 nitrogen and oxygen atoms in total. The van der Waals surface area contributed by atoms with Gasteiger partial charge in [0.05, 0.1) is 13.2 Å². The van der Waals surface area contributed by atoms with Gasteiger partial charge in [-0.3, -0.25) is 4.79 Å². The Labute approximate surface area is 75.9 Å². The molecule has 72 valence electrons. The third-order valence-electron chi connectivity index (χ3n) is 1.38. The van der Waals surface area contributed by atoms with E-state index in [2.05, 4.69) is 0 Å². The monoisotopic (exact) mass is 194 g/mol. The largest absolute Gasteiger partial charge is 0.480 e. The van der Waals surface area contributed by atoms with Crippen molar-refractivity contribution in [2.24, 2.45) is 0 Å². The Hall–Kier alpha value is -0.260. The van der Waals surface area contributed by atoms with Crippen molar-refractivity contribution in [3.63, 3.8) is 0 Å². The van der Waals surface area contributed by atoms with E-state index in [0.29, 0.717) is 5.75 Å². The molecule has 0 saturated carbocycles. The fourth-order valence-corrected chi connectivity index (χ4v) is 1.58. The Balaban J connectivity index is 4.08. The number of aliphatic carboxylic acids is 1. The molecule has 0 aromatic heterocycles. The lowest BCUT2D eigenvalue weighted by Gasteiger charge is -2.22. The molecule has 5 heteroatoms. The lowest BCUT2D eigenvalue weighted by Crippen LogP contribution is -2.37. The van der Waals surface area contributed by atoms with Crippen molar-refractivity contribution in [1.29, 1.82) is 0 Å². The number of methoxy groups -OCH3 is 1. The maximum atomic E-state index is 10.7. The lowest BCUT2D eigenvalue weighted by atomic mass is 10.2. The van der Waals surface area contributed by atoms with Crippen molar-refractivity contribution < 1.29 is 19.7 Å². The number of carboxylic acid groups (broad SMARTS) is 1. The number of thioether (sulfide) groups is 1. The summed E-state index contributed by atoms with van der Waals surface area (Å²) in [4.78, 5) is 10.7. The molecule has 1 unspecified atom stereocenters. The maximum Gasteiger partial charge on any atom is 0.321 e. The van der Waals surface area contributed by atoms with Gasteiger partial charge < -0.3 is 14.9 Å². The van der Waals surface area contributed by atoms with Crippen molar-refractivity contribution in [1.82, 2.24) is 0 Å². The summed E-state index contributed by atoms with van der Waals surface area (Å²) in [5.41, 5.74) is 0. The molecule has 0 heterocycles. The van der Waals surface area contributed by atoms with Crippen molar-refractivity contribution in [3.05, 3.63) is 0 Å². The van der Waals surface area contributed by atoms with Crippen LogP contribution in [0.5, 0.6) is 0 Å². The Morgan fingerprint density at radius 3 is 2.58 bits per heavy atom. The number of ether oxygens (including phenoxy) is 1. The van der Waals surface area contributed by atoms with Crippen LogP contribution in [0.3, 0.4) is 0 Å². The van der Waals surface area contributed by atoms with E-state index in [-0.39, 0.29) is 13.2 Å². The van der Waals surface area contributed by atoms with Gasteiger partial charge in [0.2, 0.25) is 0 Å². The van der Waals surface area contributed by atoms with Crippen LogP contribution in [-0.4, -0.2) is 47.0 Å². The summed E-state index contributed by atoms with van der Waals surface area (Å²) in [5.74, 6) is -0.505. The second-order valence-corrected chi connectivity index (χ2v) is 4.14. The molecule has 0 aliphatic carbocycles. The summed E-state index contributed by atoms with van der Waals surface area (Å²) >= 11 is 1.18. The number of carbonyl (C=O) groups is 1. The minimum atomic E-state index is -0.947. The van der Waals surface area contributed by atoms with Gasteiger partial charge in [0.1, 0.15) is 4.75 Å². The molecular formula is C7H14O4S. The van der Waals surface area contributed by atoms with Crippen LogP contribution in [0.1, 0.15) is 6.92 Å². The van der Waals surface area contributed by atoms with E-state index in [1.807, 2.05) is 0 Å². The molecule has 0 aromatic carbocycles. The van der Waals surface area contributed by atoms with Crippen molar-refractivity contribution in [2.45, 2.75) is 11.7 Å². The highest BCUT2D eigenvalue weighted by Crippen LogP contribution is 2.25. The third-order valence-corrected chi connectivity index (χ3v) is 2.70. The van der Waals surface area contributed by atoms with Crippen LogP contribution >= 0.6 is 11.8 Å². The van der Waals surface area contributed by atoms with Gasteiger partial charge in [-0.1, -0.05) is 0 Å². The number of aliphatic hydroxyl groups excluding tert-OH is 1. The SMILES string of the molecule is COCC(C)(SCCO)C(=O)O. The predicted octanol–water partition coefficient (Wildman–Crippen LogP) is 0.202. The maximum absolute atomic E-state index is 10.7. The molecule has 0 amide bonds. The van der Waals surface area contributed by atoms with Crippen molar-refractivity contribution in [2.75, 3.05) is 26.1 Å². The van der Waals surface area contributed by atoms with Gasteiger partial charge in [-0.15, -0.1) is 11.8 Å². The summed E-state index contributed by atoms with van der Waals surface area (Å²) in [6, 6.07) is 0. The highest BCUT2D eigenvalue weighted by atomic mass is 32.2. The van der Waals surface area contributed by atoms with Gasteiger partial charge >= 0.3 is 5.97 Å². The summed E-state index contributed by atoms with van der Waals surface area (Å²) in [5, 5.41) is 17.3. The van der Waals surface area contributed by atoms with Crippen LogP contribution in [0.2, 0.25) is 0 Å². The average molecular weight is 194 g/mol. The van der Waals surface area contributed by atoms with Gasteiger partial charge in [-0.05, 0) is 6.92 Å². The minimum Gasteiger partial charge on any atom is -0.480 e. The molecule has 0 fully saturated rings. The van der Waals surface area contributed by atoms with Crippen LogP contribution in [0.15, 0.2) is 0 Å². The molecule has 0 aliphatic rings. The second-order valence-electron chi connectivity index (χ2n) is 2.54. The quantitative estimate of drug-likeness (QED) is 0.632. The standard InChI is InChI=1S/C7H14O4S/c1-7(5-11-2,6(9)10)12-4-3-8/h8H,3-5H2,1-2H3,(H,9,10). The third kappa shape index (κ3) is 3.42. The molecule has 0 spiro atoms. The fraction of sp³-hybridized carbons (Fsp3) is 0.857. The van der Waals surface area contributed by atoms with E-state index in [1.165, 1.54) is 18.9 Å². The molecule has 1 atom stereocenters. The Morgan fingerprint density at radius 1 is 1.67 bits per heavy atom. The van der Waals surface area contributed by atoms with Crippen molar-refractivity contribution >= 4 is 17.7 Å². The Morgan fingerprint density at radius 2 is 2.25 bits per heavy atom. The van der Waals surface area contributed by atoms with E-state index in [0.717, 1.165) is 0 Å². The van der Waals surface area contributed by atoms with Gasteiger partial charge in [-0.2, -0.15) is 0 Å². The molecule has 0 aliphatic heterocycles. The van der Waals surface area contributed by atoms with Gasteiger partial charge in [0.25, 0.3) is 0 Å². The van der Waals surface area contributed by atoms with Crippen LogP contribution < -0.4 is 0 Å². The topological polar surface area (TPSA) is 66.8 Å². The van der Waals surface area contributed by atoms with Gasteiger partial charge in [-0.25, -0.2) is 0 Å². The molecule has 0 saturated heterocycles. The molecule has 0 radical (unpaired) electrons. The smallest absolute Gasteiger partial charge is 0.321 e. The van der Waals surface area contributed by atoms with E-state index >= 15 is 0 Å². The van der Waals surface area contributed by atoms with E-state index in [9.17, 15) is 4.79 Å². The first-order valence-electron chi connectivity index (χ1n) is 3.54. The number of rotatable bonds is 6. The first kappa shape index (κ1) is 11.7. The van der Waals surface area contributed by atoms with Gasteiger partial charge in [0.15, 0.2) is 0 Å². The zero-order chi connectivity index (χ0) is 9.61. The minimum absolute atomic E-state index is 0.0166. The van der Waals surface area contributed by atoms with Crippen LogP contribution in [0.25, 0.3) is 0 Å². The predicted molar refractivity (Wildman–Crippen MR) is 47.5 cm³/mol. The normalized spacial score (nSPS) is 15.6. The second kappa shape index (κ2) is 5.40. The Bertz CT molecular complexity index is 150. The number of hydrogen-bond donors (Lipinski definition) is 2. The molecule has 0 aromatic rings. The molecule has 12 heavy (non-hydrogen) atoms. The van der Waals surface area contributed by atoms with E-state index < -0.39 is 10.7 Å². The Kier molecular flexibility index (Phi) is 5.28. The average Bonchev–Trinajstić information content (AvgIpc) is 2.01. The summed E-state index contributed by atoms with van der Waals surface area (Å²) in [7, 11) is 1.46. The van der Waals surface area contributed by atoms with E-state index in [4.69, 9.17) is 14.9 Å².